The molecule has 5 heteroatoms. The summed E-state index contributed by atoms with van der Waals surface area (Å²) < 4.78 is 5.95. The largest absolute Gasteiger partial charge is 0.491 e. The van der Waals surface area contributed by atoms with Gasteiger partial charge in [0.25, 0.3) is 5.91 Å². The Morgan fingerprint density at radius 1 is 1.10 bits per heavy atom. The lowest BCUT2D eigenvalue weighted by atomic mass is 9.92. The molecular formula is C24H33ClN2O2. The van der Waals surface area contributed by atoms with E-state index in [0.29, 0.717) is 34.3 Å². The van der Waals surface area contributed by atoms with Crippen molar-refractivity contribution in [3.8, 4) is 5.75 Å². The van der Waals surface area contributed by atoms with E-state index < -0.39 is 0 Å². The van der Waals surface area contributed by atoms with E-state index in [2.05, 4.69) is 63.1 Å². The third kappa shape index (κ3) is 5.30. The number of hydrogen-bond acceptors (Lipinski definition) is 3. The number of para-hydroxylation sites is 1. The van der Waals surface area contributed by atoms with E-state index in [4.69, 9.17) is 16.3 Å². The molecule has 0 atom stereocenters. The molecule has 1 aromatic heterocycles. The van der Waals surface area contributed by atoms with Crippen molar-refractivity contribution in [1.82, 2.24) is 4.98 Å². The van der Waals surface area contributed by atoms with E-state index in [1.54, 1.807) is 0 Å². The molecule has 0 saturated heterocycles. The predicted molar refractivity (Wildman–Crippen MR) is 122 cm³/mol. The maximum absolute atomic E-state index is 13.4. The smallest absolute Gasteiger partial charge is 0.261 e. The van der Waals surface area contributed by atoms with Crippen molar-refractivity contribution in [3.05, 3.63) is 51.3 Å². The Morgan fingerprint density at radius 2 is 1.69 bits per heavy atom. The van der Waals surface area contributed by atoms with Crippen molar-refractivity contribution in [3.63, 3.8) is 0 Å². The summed E-state index contributed by atoms with van der Waals surface area (Å²) in [4.78, 5) is 17.9. The molecule has 0 aliphatic heterocycles. The summed E-state index contributed by atoms with van der Waals surface area (Å²) in [5, 5.41) is 3.56. The third-order valence-corrected chi connectivity index (χ3v) is 5.47. The number of nitrogens with one attached hydrogen (secondary N) is 1. The number of halogens is 1. The Kier molecular flexibility index (Phi) is 8.09. The molecule has 0 saturated carbocycles. The number of rotatable bonds is 8. The number of aryl methyl sites for hydroxylation is 2. The quantitative estimate of drug-likeness (QED) is 0.470. The van der Waals surface area contributed by atoms with E-state index in [9.17, 15) is 4.79 Å². The third-order valence-electron chi connectivity index (χ3n) is 5.02. The maximum atomic E-state index is 13.4. The van der Waals surface area contributed by atoms with E-state index in [-0.39, 0.29) is 17.7 Å². The van der Waals surface area contributed by atoms with Crippen LogP contribution in [0.15, 0.2) is 18.2 Å². The lowest BCUT2D eigenvalue weighted by Crippen LogP contribution is -2.19. The Morgan fingerprint density at radius 3 is 2.21 bits per heavy atom. The number of pyridine rings is 1. The van der Waals surface area contributed by atoms with Gasteiger partial charge in [0.15, 0.2) is 5.75 Å². The molecule has 4 nitrogen and oxygen atoms in total. The van der Waals surface area contributed by atoms with Crippen molar-refractivity contribution in [2.75, 3.05) is 11.9 Å². The molecule has 1 heterocycles. The van der Waals surface area contributed by atoms with Gasteiger partial charge in [-0.1, -0.05) is 70.8 Å². The highest BCUT2D eigenvalue weighted by molar-refractivity contribution is 6.33. The lowest BCUT2D eigenvalue weighted by Gasteiger charge is -2.22. The molecule has 158 valence electrons. The highest BCUT2D eigenvalue weighted by atomic mass is 35.5. The average molecular weight is 417 g/mol. The molecule has 2 rings (SSSR count). The molecule has 0 unspecified atom stereocenters. The molecule has 29 heavy (non-hydrogen) atoms. The van der Waals surface area contributed by atoms with Gasteiger partial charge in [0, 0.05) is 5.69 Å². The maximum Gasteiger partial charge on any atom is 0.261 e. The van der Waals surface area contributed by atoms with Crippen LogP contribution in [0.2, 0.25) is 5.02 Å². The van der Waals surface area contributed by atoms with Gasteiger partial charge in [-0.05, 0) is 43.2 Å². The first-order valence-corrected chi connectivity index (χ1v) is 10.8. The number of carbonyl (C=O) groups excluding carboxylic acids is 1. The fraction of sp³-hybridized carbons (Fsp3) is 0.500. The van der Waals surface area contributed by atoms with Crippen LogP contribution in [0.25, 0.3) is 0 Å². The average Bonchev–Trinajstić information content (AvgIpc) is 2.65. The lowest BCUT2D eigenvalue weighted by molar-refractivity contribution is 0.102. The van der Waals surface area contributed by atoms with Crippen LogP contribution in [0, 0.1) is 13.8 Å². The van der Waals surface area contributed by atoms with E-state index in [1.165, 1.54) is 0 Å². The standard InChI is InChI=1S/C24H33ClN2O2/c1-8-9-13-29-23-20(16(6)26-17(7)21(23)25)24(28)27-22-18(14(2)3)11-10-12-19(22)15(4)5/h10-12,14-15H,8-9,13H2,1-7H3,(H,27,28). The zero-order valence-electron chi connectivity index (χ0n) is 18.6. The van der Waals surface area contributed by atoms with Gasteiger partial charge in [-0.3, -0.25) is 9.78 Å². The first kappa shape index (κ1) is 23.2. The molecule has 1 N–H and O–H groups in total. The zero-order chi connectivity index (χ0) is 21.7. The van der Waals surface area contributed by atoms with Crippen molar-refractivity contribution < 1.29 is 9.53 Å². The summed E-state index contributed by atoms with van der Waals surface area (Å²) in [6.07, 6.45) is 1.90. The number of benzene rings is 1. The summed E-state index contributed by atoms with van der Waals surface area (Å²) in [6, 6.07) is 6.19. The van der Waals surface area contributed by atoms with Crippen molar-refractivity contribution >= 4 is 23.2 Å². The van der Waals surface area contributed by atoms with Crippen molar-refractivity contribution in [1.29, 1.82) is 0 Å². The summed E-state index contributed by atoms with van der Waals surface area (Å²) >= 11 is 6.49. The molecule has 2 aromatic rings. The van der Waals surface area contributed by atoms with Gasteiger partial charge in [0.2, 0.25) is 0 Å². The van der Waals surface area contributed by atoms with E-state index >= 15 is 0 Å². The van der Waals surface area contributed by atoms with Gasteiger partial charge in [-0.2, -0.15) is 0 Å². The van der Waals surface area contributed by atoms with Crippen LogP contribution >= 0.6 is 11.6 Å². The minimum absolute atomic E-state index is 0.238. The molecule has 0 bridgehead atoms. The minimum Gasteiger partial charge on any atom is -0.491 e. The Hall–Kier alpha value is -2.07. The molecule has 0 radical (unpaired) electrons. The topological polar surface area (TPSA) is 51.2 Å². The summed E-state index contributed by atoms with van der Waals surface area (Å²) in [6.45, 7) is 14.8. The predicted octanol–water partition coefficient (Wildman–Crippen LogP) is 7.03. The van der Waals surface area contributed by atoms with Crippen molar-refractivity contribution in [2.45, 2.75) is 73.1 Å². The van der Waals surface area contributed by atoms with Crippen LogP contribution in [0.3, 0.4) is 0 Å². The van der Waals surface area contributed by atoms with Crippen LogP contribution in [0.4, 0.5) is 5.69 Å². The summed E-state index contributed by atoms with van der Waals surface area (Å²) in [7, 11) is 0. The zero-order valence-corrected chi connectivity index (χ0v) is 19.4. The first-order valence-electron chi connectivity index (χ1n) is 10.4. The number of hydrogen-bond donors (Lipinski definition) is 1. The van der Waals surface area contributed by atoms with Gasteiger partial charge in [-0.15, -0.1) is 0 Å². The van der Waals surface area contributed by atoms with Gasteiger partial charge in [-0.25, -0.2) is 0 Å². The highest BCUT2D eigenvalue weighted by Crippen LogP contribution is 2.36. The Labute approximate surface area is 180 Å². The fourth-order valence-corrected chi connectivity index (χ4v) is 3.58. The molecule has 0 aliphatic rings. The van der Waals surface area contributed by atoms with Crippen LogP contribution in [-0.2, 0) is 0 Å². The van der Waals surface area contributed by atoms with E-state index in [1.807, 2.05) is 13.8 Å². The highest BCUT2D eigenvalue weighted by Gasteiger charge is 2.24. The summed E-state index contributed by atoms with van der Waals surface area (Å²) in [5.74, 6) is 0.754. The van der Waals surface area contributed by atoms with Crippen LogP contribution in [0.5, 0.6) is 5.75 Å². The van der Waals surface area contributed by atoms with Gasteiger partial charge >= 0.3 is 0 Å². The molecular weight excluding hydrogens is 384 g/mol. The number of amides is 1. The van der Waals surface area contributed by atoms with Gasteiger partial charge in [0.1, 0.15) is 10.6 Å². The van der Waals surface area contributed by atoms with E-state index in [0.717, 1.165) is 29.7 Å². The first-order chi connectivity index (χ1) is 13.7. The second kappa shape index (κ2) is 10.1. The number of nitrogens with zero attached hydrogens (tertiary/aromatic N) is 1. The monoisotopic (exact) mass is 416 g/mol. The number of unbranched alkanes of at least 4 members (excludes halogenated alkanes) is 1. The van der Waals surface area contributed by atoms with Crippen LogP contribution < -0.4 is 10.1 Å². The number of anilines is 1. The normalized spacial score (nSPS) is 11.2. The molecule has 0 aliphatic carbocycles. The second-order valence-electron chi connectivity index (χ2n) is 8.08. The molecule has 1 aromatic carbocycles. The fourth-order valence-electron chi connectivity index (χ4n) is 3.39. The number of aromatic nitrogens is 1. The van der Waals surface area contributed by atoms with Gasteiger partial charge < -0.3 is 10.1 Å². The van der Waals surface area contributed by atoms with Crippen molar-refractivity contribution in [2.24, 2.45) is 0 Å². The van der Waals surface area contributed by atoms with Crippen LogP contribution in [0.1, 0.15) is 92.2 Å². The number of ether oxygens (including phenoxy) is 1. The summed E-state index contributed by atoms with van der Waals surface area (Å²) in [5.41, 5.74) is 4.79. The molecule has 0 spiro atoms. The molecule has 0 fully saturated rings. The Balaban J connectivity index is 2.53. The molecule has 1 amide bonds. The number of carbonyl (C=O) groups is 1. The minimum atomic E-state index is -0.238. The van der Waals surface area contributed by atoms with Gasteiger partial charge in [0.05, 0.1) is 18.0 Å². The van der Waals surface area contributed by atoms with Crippen LogP contribution in [-0.4, -0.2) is 17.5 Å². The Bertz CT molecular complexity index is 849. The SMILES string of the molecule is CCCCOc1c(Cl)c(C)nc(C)c1C(=O)Nc1c(C(C)C)cccc1C(C)C. The second-order valence-corrected chi connectivity index (χ2v) is 8.46.